The van der Waals surface area contributed by atoms with Gasteiger partial charge in [-0.2, -0.15) is 5.10 Å². The van der Waals surface area contributed by atoms with Gasteiger partial charge in [0.15, 0.2) is 11.4 Å². The lowest BCUT2D eigenvalue weighted by molar-refractivity contribution is -0.121. The van der Waals surface area contributed by atoms with Crippen molar-refractivity contribution >= 4 is 28.5 Å². The lowest BCUT2D eigenvalue weighted by Gasteiger charge is -2.12. The van der Waals surface area contributed by atoms with Gasteiger partial charge in [-0.1, -0.05) is 12.1 Å². The second-order valence-electron chi connectivity index (χ2n) is 8.11. The maximum Gasteiger partial charge on any atom is 0.291 e. The molecule has 2 N–H and O–H groups in total. The fraction of sp³-hybridized carbons (Fsp3) is 0.280. The van der Waals surface area contributed by atoms with Crippen molar-refractivity contribution in [2.75, 3.05) is 5.32 Å². The number of aromatic nitrogens is 3. The van der Waals surface area contributed by atoms with Crippen LogP contribution in [0, 0.1) is 20.8 Å². The summed E-state index contributed by atoms with van der Waals surface area (Å²) in [5.41, 5.74) is 6.61. The van der Waals surface area contributed by atoms with Crippen LogP contribution in [0.5, 0.6) is 0 Å². The van der Waals surface area contributed by atoms with Gasteiger partial charge >= 0.3 is 0 Å². The maximum atomic E-state index is 12.5. The fourth-order valence-electron chi connectivity index (χ4n) is 4.06. The smallest absolute Gasteiger partial charge is 0.291 e. The quantitative estimate of drug-likeness (QED) is 0.448. The zero-order valence-electron chi connectivity index (χ0n) is 19.2. The predicted octanol–water partition coefficient (Wildman–Crippen LogP) is 3.99. The Kier molecular flexibility index (Phi) is 6.26. The molecule has 8 nitrogen and oxygen atoms in total. The molecule has 0 aliphatic carbocycles. The van der Waals surface area contributed by atoms with Gasteiger partial charge < -0.3 is 15.1 Å². The number of carbonyl (C=O) groups is 2. The van der Waals surface area contributed by atoms with Crippen LogP contribution in [0.25, 0.3) is 11.0 Å². The van der Waals surface area contributed by atoms with Crippen LogP contribution in [0.4, 0.5) is 5.69 Å². The molecule has 4 rings (SSSR count). The number of carbonyl (C=O) groups excluding carboxylic acids is 2. The zero-order valence-corrected chi connectivity index (χ0v) is 19.2. The minimum absolute atomic E-state index is 0.0213. The Balaban J connectivity index is 1.32. The van der Waals surface area contributed by atoms with E-state index in [9.17, 15) is 9.59 Å². The molecule has 0 aliphatic heterocycles. The number of benzene rings is 1. The third-order valence-electron chi connectivity index (χ3n) is 5.78. The van der Waals surface area contributed by atoms with E-state index in [2.05, 4.69) is 22.7 Å². The van der Waals surface area contributed by atoms with Crippen molar-refractivity contribution in [1.82, 2.24) is 20.1 Å². The van der Waals surface area contributed by atoms with Gasteiger partial charge in [-0.25, -0.2) is 4.98 Å². The largest absolute Gasteiger partial charge is 0.459 e. The molecule has 0 spiro atoms. The van der Waals surface area contributed by atoms with Crippen LogP contribution < -0.4 is 10.6 Å². The minimum Gasteiger partial charge on any atom is -0.459 e. The average Bonchev–Trinajstić information content (AvgIpc) is 3.41. The standard InChI is InChI=1S/C25H27N5O3/c1-15-20(16(2)27-24-23(15)17(3)29-30(24)4)11-12-22(31)26-14-18-7-9-19(10-8-18)28-25(32)21-6-5-13-33-21/h5-10,13H,11-12,14H2,1-4H3,(H,26,31)(H,28,32). The third-order valence-corrected chi connectivity index (χ3v) is 5.78. The number of pyridine rings is 1. The van der Waals surface area contributed by atoms with Crippen molar-refractivity contribution in [3.05, 3.63) is 76.5 Å². The zero-order chi connectivity index (χ0) is 23.5. The summed E-state index contributed by atoms with van der Waals surface area (Å²) in [4.78, 5) is 29.2. The number of aryl methyl sites for hydroxylation is 4. The van der Waals surface area contributed by atoms with Crippen molar-refractivity contribution in [1.29, 1.82) is 0 Å². The maximum absolute atomic E-state index is 12.5. The predicted molar refractivity (Wildman–Crippen MR) is 126 cm³/mol. The Morgan fingerprint density at radius 3 is 2.52 bits per heavy atom. The Hall–Kier alpha value is -3.94. The highest BCUT2D eigenvalue weighted by Gasteiger charge is 2.16. The van der Waals surface area contributed by atoms with Crippen LogP contribution in [0.2, 0.25) is 0 Å². The van der Waals surface area contributed by atoms with E-state index in [1.165, 1.54) is 6.26 Å². The number of nitrogens with zero attached hydrogens (tertiary/aromatic N) is 3. The van der Waals surface area contributed by atoms with Crippen molar-refractivity contribution in [3.8, 4) is 0 Å². The molecular formula is C25H27N5O3. The minimum atomic E-state index is -0.305. The summed E-state index contributed by atoms with van der Waals surface area (Å²) < 4.78 is 6.89. The summed E-state index contributed by atoms with van der Waals surface area (Å²) in [5.74, 6) is -0.0716. The molecule has 0 bridgehead atoms. The number of rotatable bonds is 7. The van der Waals surface area contributed by atoms with Gasteiger partial charge in [-0.15, -0.1) is 0 Å². The van der Waals surface area contributed by atoms with Crippen LogP contribution >= 0.6 is 0 Å². The van der Waals surface area contributed by atoms with Crippen molar-refractivity contribution < 1.29 is 14.0 Å². The topological polar surface area (TPSA) is 102 Å². The number of nitrogens with one attached hydrogen (secondary N) is 2. The van der Waals surface area contributed by atoms with Crippen LogP contribution in [0.1, 0.15) is 45.1 Å². The summed E-state index contributed by atoms with van der Waals surface area (Å²) in [6.45, 7) is 6.46. The van der Waals surface area contributed by atoms with Crippen molar-refractivity contribution in [3.63, 3.8) is 0 Å². The highest BCUT2D eigenvalue weighted by atomic mass is 16.3. The molecule has 33 heavy (non-hydrogen) atoms. The lowest BCUT2D eigenvalue weighted by atomic mass is 9.99. The van der Waals surface area contributed by atoms with E-state index in [0.717, 1.165) is 39.1 Å². The molecule has 0 aliphatic rings. The van der Waals surface area contributed by atoms with E-state index < -0.39 is 0 Å². The molecule has 4 aromatic rings. The number of furan rings is 1. The first-order valence-corrected chi connectivity index (χ1v) is 10.8. The number of amides is 2. The molecule has 3 heterocycles. The summed E-state index contributed by atoms with van der Waals surface area (Å²) in [5, 5.41) is 11.3. The van der Waals surface area contributed by atoms with Crippen LogP contribution in [-0.2, 0) is 24.8 Å². The van der Waals surface area contributed by atoms with Gasteiger partial charge in [-0.3, -0.25) is 14.3 Å². The van der Waals surface area contributed by atoms with Gasteiger partial charge in [0.25, 0.3) is 5.91 Å². The molecule has 0 saturated heterocycles. The Morgan fingerprint density at radius 1 is 1.06 bits per heavy atom. The molecule has 2 amide bonds. The average molecular weight is 446 g/mol. The number of anilines is 1. The van der Waals surface area contributed by atoms with Crippen LogP contribution in [-0.4, -0.2) is 26.6 Å². The summed E-state index contributed by atoms with van der Waals surface area (Å²) in [6.07, 6.45) is 2.46. The molecule has 170 valence electrons. The Morgan fingerprint density at radius 2 is 1.82 bits per heavy atom. The first-order valence-electron chi connectivity index (χ1n) is 10.8. The summed E-state index contributed by atoms with van der Waals surface area (Å²) >= 11 is 0. The first kappa shape index (κ1) is 22.3. The van der Waals surface area contributed by atoms with Gasteiger partial charge in [0.2, 0.25) is 5.91 Å². The van der Waals surface area contributed by atoms with E-state index in [1.807, 2.05) is 33.0 Å². The van der Waals surface area contributed by atoms with Gasteiger partial charge in [0.1, 0.15) is 0 Å². The van der Waals surface area contributed by atoms with Crippen LogP contribution in [0.3, 0.4) is 0 Å². The van der Waals surface area contributed by atoms with Gasteiger partial charge in [0.05, 0.1) is 12.0 Å². The molecule has 0 unspecified atom stereocenters. The Labute approximate surface area is 192 Å². The molecule has 1 aromatic carbocycles. The third kappa shape index (κ3) is 4.79. The van der Waals surface area contributed by atoms with E-state index in [1.54, 1.807) is 28.9 Å². The SMILES string of the molecule is Cc1nc2c(c(C)nn2C)c(C)c1CCC(=O)NCc1ccc(NC(=O)c2ccco2)cc1. The van der Waals surface area contributed by atoms with E-state index >= 15 is 0 Å². The highest BCUT2D eigenvalue weighted by molar-refractivity contribution is 6.02. The molecule has 0 radical (unpaired) electrons. The highest BCUT2D eigenvalue weighted by Crippen LogP contribution is 2.26. The van der Waals surface area contributed by atoms with E-state index in [4.69, 9.17) is 9.40 Å². The molecule has 0 saturated carbocycles. The Bertz CT molecular complexity index is 1300. The van der Waals surface area contributed by atoms with Crippen molar-refractivity contribution in [2.24, 2.45) is 7.05 Å². The number of hydrogen-bond acceptors (Lipinski definition) is 5. The lowest BCUT2D eigenvalue weighted by Crippen LogP contribution is -2.23. The van der Waals surface area contributed by atoms with Crippen LogP contribution in [0.15, 0.2) is 47.1 Å². The first-order chi connectivity index (χ1) is 15.8. The summed E-state index contributed by atoms with van der Waals surface area (Å²) in [6, 6.07) is 10.6. The molecule has 8 heteroatoms. The summed E-state index contributed by atoms with van der Waals surface area (Å²) in [7, 11) is 1.90. The molecule has 0 fully saturated rings. The van der Waals surface area contributed by atoms with E-state index in [-0.39, 0.29) is 17.6 Å². The molecule has 3 aromatic heterocycles. The second-order valence-corrected chi connectivity index (χ2v) is 8.11. The normalized spacial score (nSPS) is 11.0. The molecular weight excluding hydrogens is 418 g/mol. The van der Waals surface area contributed by atoms with Crippen molar-refractivity contribution in [2.45, 2.75) is 40.2 Å². The number of hydrogen-bond donors (Lipinski definition) is 2. The number of fused-ring (bicyclic) bond motifs is 1. The van der Waals surface area contributed by atoms with Gasteiger partial charge in [0, 0.05) is 36.8 Å². The fourth-order valence-corrected chi connectivity index (χ4v) is 4.06. The molecule has 0 atom stereocenters. The second kappa shape index (κ2) is 9.28. The monoisotopic (exact) mass is 445 g/mol. The van der Waals surface area contributed by atoms with Gasteiger partial charge in [-0.05, 0) is 68.1 Å². The van der Waals surface area contributed by atoms with E-state index in [0.29, 0.717) is 25.1 Å².